The highest BCUT2D eigenvalue weighted by Crippen LogP contribution is 2.39. The highest BCUT2D eigenvalue weighted by molar-refractivity contribution is 5.94. The van der Waals surface area contributed by atoms with E-state index in [1.165, 1.54) is 0 Å². The van der Waals surface area contributed by atoms with Crippen LogP contribution in [0.5, 0.6) is 5.75 Å². The number of carbonyl (C=O) groups excluding carboxylic acids is 1. The maximum atomic E-state index is 12.4. The number of anilines is 1. The summed E-state index contributed by atoms with van der Waals surface area (Å²) in [6.07, 6.45) is 3.12. The maximum absolute atomic E-state index is 12.4. The molecule has 3 rings (SSSR count). The molecule has 1 aromatic carbocycles. The lowest BCUT2D eigenvalue weighted by molar-refractivity contribution is -0.139. The van der Waals surface area contributed by atoms with Crippen molar-refractivity contribution in [3.8, 4) is 5.75 Å². The van der Waals surface area contributed by atoms with Crippen molar-refractivity contribution < 1.29 is 24.2 Å². The number of hydrogen-bond acceptors (Lipinski definition) is 4. The van der Waals surface area contributed by atoms with Gasteiger partial charge >= 0.3 is 5.97 Å². The standard InChI is InChI=1S/C16H19NO5/c1-9-6-10(21-8-15(18)19)2-4-13(9)17-16(20)12-7-11-3-5-14(12)22-11/h2,4,6,11-12,14H,3,5,7-8H2,1H3,(H,17,20)(H,18,19)/t11-,12-,14-/m1/s1. The number of fused-ring (bicyclic) bond motifs is 2. The Bertz CT molecular complexity index is 600. The van der Waals surface area contributed by atoms with E-state index in [1.54, 1.807) is 18.2 Å². The summed E-state index contributed by atoms with van der Waals surface area (Å²) in [6, 6.07) is 5.11. The zero-order valence-corrected chi connectivity index (χ0v) is 12.4. The van der Waals surface area contributed by atoms with Crippen LogP contribution in [0.15, 0.2) is 18.2 Å². The fraction of sp³-hybridized carbons (Fsp3) is 0.500. The van der Waals surface area contributed by atoms with Crippen LogP contribution in [-0.2, 0) is 14.3 Å². The number of nitrogens with one attached hydrogen (secondary N) is 1. The fourth-order valence-electron chi connectivity index (χ4n) is 3.15. The lowest BCUT2D eigenvalue weighted by Crippen LogP contribution is -2.30. The summed E-state index contributed by atoms with van der Waals surface area (Å²) in [4.78, 5) is 22.8. The van der Waals surface area contributed by atoms with Crippen LogP contribution in [0, 0.1) is 12.8 Å². The second-order valence-electron chi connectivity index (χ2n) is 5.86. The topological polar surface area (TPSA) is 84.9 Å². The van der Waals surface area contributed by atoms with Crippen LogP contribution in [0.3, 0.4) is 0 Å². The summed E-state index contributed by atoms with van der Waals surface area (Å²) in [7, 11) is 0. The molecule has 2 fully saturated rings. The second kappa shape index (κ2) is 5.96. The Balaban J connectivity index is 1.62. The summed E-state index contributed by atoms with van der Waals surface area (Å²) in [5.74, 6) is -0.622. The van der Waals surface area contributed by atoms with Crippen molar-refractivity contribution in [2.45, 2.75) is 38.4 Å². The fourth-order valence-corrected chi connectivity index (χ4v) is 3.15. The van der Waals surface area contributed by atoms with Gasteiger partial charge < -0.3 is 19.9 Å². The van der Waals surface area contributed by atoms with Gasteiger partial charge in [0.05, 0.1) is 18.1 Å². The van der Waals surface area contributed by atoms with Gasteiger partial charge in [0, 0.05) is 5.69 Å². The minimum Gasteiger partial charge on any atom is -0.482 e. The molecule has 0 saturated carbocycles. The Morgan fingerprint density at radius 3 is 2.82 bits per heavy atom. The van der Waals surface area contributed by atoms with Crippen molar-refractivity contribution in [1.82, 2.24) is 0 Å². The molecule has 22 heavy (non-hydrogen) atoms. The maximum Gasteiger partial charge on any atom is 0.341 e. The van der Waals surface area contributed by atoms with E-state index in [0.717, 1.165) is 30.5 Å². The van der Waals surface area contributed by atoms with E-state index < -0.39 is 5.97 Å². The molecule has 2 aliphatic rings. The number of benzene rings is 1. The molecule has 2 heterocycles. The molecule has 2 bridgehead atoms. The van der Waals surface area contributed by atoms with Gasteiger partial charge in [0.1, 0.15) is 5.75 Å². The van der Waals surface area contributed by atoms with Crippen LogP contribution >= 0.6 is 0 Å². The second-order valence-corrected chi connectivity index (χ2v) is 5.86. The molecule has 2 N–H and O–H groups in total. The average molecular weight is 305 g/mol. The zero-order valence-electron chi connectivity index (χ0n) is 12.4. The molecule has 118 valence electrons. The Morgan fingerprint density at radius 2 is 2.23 bits per heavy atom. The summed E-state index contributed by atoms with van der Waals surface area (Å²) in [5.41, 5.74) is 1.55. The van der Waals surface area contributed by atoms with Gasteiger partial charge in [0.2, 0.25) is 5.91 Å². The Hall–Kier alpha value is -2.08. The molecule has 1 amide bonds. The minimum atomic E-state index is -1.02. The summed E-state index contributed by atoms with van der Waals surface area (Å²) in [5, 5.41) is 11.5. The molecular weight excluding hydrogens is 286 g/mol. The van der Waals surface area contributed by atoms with Crippen LogP contribution in [0.25, 0.3) is 0 Å². The Labute approximate surface area is 128 Å². The number of rotatable bonds is 5. The van der Waals surface area contributed by atoms with Crippen molar-refractivity contribution >= 4 is 17.6 Å². The summed E-state index contributed by atoms with van der Waals surface area (Å²) in [6.45, 7) is 1.47. The lowest BCUT2D eigenvalue weighted by atomic mass is 9.88. The number of hydrogen-bond donors (Lipinski definition) is 2. The van der Waals surface area contributed by atoms with Crippen LogP contribution < -0.4 is 10.1 Å². The van der Waals surface area contributed by atoms with E-state index in [1.807, 2.05) is 6.92 Å². The molecule has 2 saturated heterocycles. The molecule has 6 nitrogen and oxygen atoms in total. The molecule has 6 heteroatoms. The predicted octanol–water partition coefficient (Wildman–Crippen LogP) is 1.96. The Morgan fingerprint density at radius 1 is 1.41 bits per heavy atom. The molecule has 0 aliphatic carbocycles. The monoisotopic (exact) mass is 305 g/mol. The van der Waals surface area contributed by atoms with Gasteiger partial charge in [0.15, 0.2) is 6.61 Å². The molecule has 0 spiro atoms. The van der Waals surface area contributed by atoms with Crippen LogP contribution in [0.4, 0.5) is 5.69 Å². The van der Waals surface area contributed by atoms with Gasteiger partial charge in [-0.05, 0) is 49.9 Å². The lowest BCUT2D eigenvalue weighted by Gasteiger charge is -2.19. The van der Waals surface area contributed by atoms with E-state index in [-0.39, 0.29) is 30.6 Å². The zero-order chi connectivity index (χ0) is 15.7. The molecule has 0 unspecified atom stereocenters. The van der Waals surface area contributed by atoms with Gasteiger partial charge in [-0.2, -0.15) is 0 Å². The SMILES string of the molecule is Cc1cc(OCC(=O)O)ccc1NC(=O)[C@@H]1C[C@H]2CC[C@H]1O2. The van der Waals surface area contributed by atoms with Gasteiger partial charge in [0.25, 0.3) is 0 Å². The quantitative estimate of drug-likeness (QED) is 0.868. The summed E-state index contributed by atoms with van der Waals surface area (Å²) >= 11 is 0. The van der Waals surface area contributed by atoms with Gasteiger partial charge in [-0.3, -0.25) is 4.79 Å². The number of carboxylic acids is 1. The van der Waals surface area contributed by atoms with Gasteiger partial charge in [-0.15, -0.1) is 0 Å². The van der Waals surface area contributed by atoms with E-state index in [2.05, 4.69) is 5.32 Å². The van der Waals surface area contributed by atoms with E-state index in [4.69, 9.17) is 14.6 Å². The van der Waals surface area contributed by atoms with E-state index in [0.29, 0.717) is 5.75 Å². The molecule has 2 aliphatic heterocycles. The van der Waals surface area contributed by atoms with Crippen molar-refractivity contribution in [2.24, 2.45) is 5.92 Å². The first-order chi connectivity index (χ1) is 10.5. The highest BCUT2D eigenvalue weighted by atomic mass is 16.5. The number of carbonyl (C=O) groups is 2. The Kier molecular flexibility index (Phi) is 4.02. The van der Waals surface area contributed by atoms with Crippen molar-refractivity contribution in [3.05, 3.63) is 23.8 Å². The molecule has 3 atom stereocenters. The number of aliphatic carboxylic acids is 1. The molecular formula is C16H19NO5. The average Bonchev–Trinajstić information content (AvgIpc) is 3.10. The van der Waals surface area contributed by atoms with E-state index in [9.17, 15) is 9.59 Å². The number of carboxylic acid groups (broad SMARTS) is 1. The predicted molar refractivity (Wildman–Crippen MR) is 78.9 cm³/mol. The van der Waals surface area contributed by atoms with Crippen LogP contribution in [-0.4, -0.2) is 35.8 Å². The van der Waals surface area contributed by atoms with Crippen molar-refractivity contribution in [3.63, 3.8) is 0 Å². The third-order valence-electron chi connectivity index (χ3n) is 4.26. The molecule has 0 radical (unpaired) electrons. The first kappa shape index (κ1) is 14.8. The minimum absolute atomic E-state index is 0.00509. The highest BCUT2D eigenvalue weighted by Gasteiger charge is 2.44. The van der Waals surface area contributed by atoms with Gasteiger partial charge in [-0.1, -0.05) is 0 Å². The molecule has 1 aromatic rings. The van der Waals surface area contributed by atoms with E-state index >= 15 is 0 Å². The number of aryl methyl sites for hydroxylation is 1. The summed E-state index contributed by atoms with van der Waals surface area (Å²) < 4.78 is 10.8. The largest absolute Gasteiger partial charge is 0.482 e. The van der Waals surface area contributed by atoms with Crippen LogP contribution in [0.2, 0.25) is 0 Å². The molecule has 0 aromatic heterocycles. The third kappa shape index (κ3) is 3.06. The third-order valence-corrected chi connectivity index (χ3v) is 4.26. The van der Waals surface area contributed by atoms with Crippen molar-refractivity contribution in [2.75, 3.05) is 11.9 Å². The first-order valence-electron chi connectivity index (χ1n) is 7.44. The number of ether oxygens (including phenoxy) is 2. The smallest absolute Gasteiger partial charge is 0.341 e. The van der Waals surface area contributed by atoms with Crippen molar-refractivity contribution in [1.29, 1.82) is 0 Å². The normalized spacial score (nSPS) is 26.0. The van der Waals surface area contributed by atoms with Gasteiger partial charge in [-0.25, -0.2) is 4.79 Å². The number of amides is 1. The first-order valence-corrected chi connectivity index (χ1v) is 7.44. The van der Waals surface area contributed by atoms with Crippen LogP contribution in [0.1, 0.15) is 24.8 Å².